The molecule has 0 bridgehead atoms. The predicted molar refractivity (Wildman–Crippen MR) is 106 cm³/mol. The maximum Gasteiger partial charge on any atom is 0.236 e. The molecule has 0 N–H and O–H groups in total. The van der Waals surface area contributed by atoms with E-state index < -0.39 is 5.79 Å². The van der Waals surface area contributed by atoms with Gasteiger partial charge in [0.2, 0.25) is 5.91 Å². The van der Waals surface area contributed by atoms with Gasteiger partial charge in [-0.05, 0) is 34.9 Å². The Morgan fingerprint density at radius 1 is 1.11 bits per heavy atom. The van der Waals surface area contributed by atoms with Crippen molar-refractivity contribution >= 4 is 28.6 Å². The molecule has 1 spiro atoms. The Kier molecular flexibility index (Phi) is 4.81. The Bertz CT molecular complexity index is 788. The first-order valence-electron chi connectivity index (χ1n) is 9.64. The van der Waals surface area contributed by atoms with Crippen molar-refractivity contribution in [3.8, 4) is 0 Å². The molecular weight excluding hydrogens is 380 g/mol. The molecule has 0 saturated carbocycles. The third kappa shape index (κ3) is 3.36. The van der Waals surface area contributed by atoms with Crippen molar-refractivity contribution in [2.75, 3.05) is 39.4 Å². The number of thiophene rings is 2. The highest BCUT2D eigenvalue weighted by molar-refractivity contribution is 7.10. The Labute approximate surface area is 167 Å². The summed E-state index contributed by atoms with van der Waals surface area (Å²) in [6, 6.07) is 6.74. The summed E-state index contributed by atoms with van der Waals surface area (Å²) in [4.78, 5) is 20.2. The molecule has 1 amide bonds. The SMILES string of the molecule is O=C(CN1CCc2sccc2C1c1cccs1)N1CCC2(CC1)OCCO2. The molecule has 2 aromatic heterocycles. The van der Waals surface area contributed by atoms with Crippen LogP contribution in [0.4, 0.5) is 0 Å². The van der Waals surface area contributed by atoms with Gasteiger partial charge >= 0.3 is 0 Å². The van der Waals surface area contributed by atoms with Gasteiger partial charge in [0, 0.05) is 42.2 Å². The number of likely N-dealkylation sites (tertiary alicyclic amines) is 1. The zero-order valence-corrected chi connectivity index (χ0v) is 16.9. The Morgan fingerprint density at radius 2 is 1.93 bits per heavy atom. The molecule has 1 atom stereocenters. The standard InChI is InChI=1S/C20H24N2O3S2/c23-18(21-8-5-20(6-9-21)24-10-11-25-20)14-22-7-3-16-15(4-13-27-16)19(22)17-2-1-12-26-17/h1-2,4,12-13,19H,3,5-11,14H2. The topological polar surface area (TPSA) is 42.0 Å². The van der Waals surface area contributed by atoms with Crippen LogP contribution < -0.4 is 0 Å². The van der Waals surface area contributed by atoms with Gasteiger partial charge in [0.1, 0.15) is 0 Å². The average Bonchev–Trinajstić information content (AvgIpc) is 3.44. The molecular formula is C20H24N2O3S2. The van der Waals surface area contributed by atoms with E-state index in [0.29, 0.717) is 19.8 Å². The second-order valence-electron chi connectivity index (χ2n) is 7.43. The van der Waals surface area contributed by atoms with Crippen molar-refractivity contribution in [2.45, 2.75) is 31.1 Å². The second kappa shape index (κ2) is 7.29. The molecule has 2 saturated heterocycles. The molecule has 5 heterocycles. The van der Waals surface area contributed by atoms with E-state index in [0.717, 1.165) is 38.9 Å². The number of fused-ring (bicyclic) bond motifs is 1. The van der Waals surface area contributed by atoms with Crippen LogP contribution in [0.3, 0.4) is 0 Å². The van der Waals surface area contributed by atoms with Crippen LogP contribution in [-0.2, 0) is 20.7 Å². The van der Waals surface area contributed by atoms with E-state index in [1.54, 1.807) is 11.3 Å². The van der Waals surface area contributed by atoms with Crippen molar-refractivity contribution in [1.82, 2.24) is 9.80 Å². The highest BCUT2D eigenvalue weighted by Gasteiger charge is 2.41. The third-order valence-electron chi connectivity index (χ3n) is 5.91. The number of amides is 1. The largest absolute Gasteiger partial charge is 0.347 e. The minimum Gasteiger partial charge on any atom is -0.347 e. The van der Waals surface area contributed by atoms with Crippen molar-refractivity contribution in [3.05, 3.63) is 44.3 Å². The summed E-state index contributed by atoms with van der Waals surface area (Å²) < 4.78 is 11.6. The summed E-state index contributed by atoms with van der Waals surface area (Å²) in [6.45, 7) is 4.21. The van der Waals surface area contributed by atoms with E-state index >= 15 is 0 Å². The summed E-state index contributed by atoms with van der Waals surface area (Å²) in [5.41, 5.74) is 1.38. The molecule has 144 valence electrons. The Balaban J connectivity index is 1.29. The minimum absolute atomic E-state index is 0.210. The van der Waals surface area contributed by atoms with Crippen LogP contribution in [0.5, 0.6) is 0 Å². The molecule has 7 heteroatoms. The Hall–Kier alpha value is -1.25. The van der Waals surface area contributed by atoms with E-state index in [1.807, 2.05) is 16.2 Å². The molecule has 3 aliphatic rings. The van der Waals surface area contributed by atoms with E-state index in [4.69, 9.17) is 9.47 Å². The number of hydrogen-bond donors (Lipinski definition) is 0. The number of carbonyl (C=O) groups excluding carboxylic acids is 1. The summed E-state index contributed by atoms with van der Waals surface area (Å²) in [5, 5.41) is 4.31. The lowest BCUT2D eigenvalue weighted by molar-refractivity contribution is -0.187. The molecule has 2 aromatic rings. The van der Waals surface area contributed by atoms with Crippen molar-refractivity contribution in [3.63, 3.8) is 0 Å². The maximum absolute atomic E-state index is 13.0. The highest BCUT2D eigenvalue weighted by atomic mass is 32.1. The molecule has 3 aliphatic heterocycles. The van der Waals surface area contributed by atoms with Crippen LogP contribution in [0.1, 0.15) is 34.2 Å². The van der Waals surface area contributed by atoms with Gasteiger partial charge in [-0.15, -0.1) is 22.7 Å². The van der Waals surface area contributed by atoms with Crippen LogP contribution in [-0.4, -0.2) is 60.9 Å². The molecule has 0 radical (unpaired) electrons. The van der Waals surface area contributed by atoms with Gasteiger partial charge in [-0.2, -0.15) is 0 Å². The van der Waals surface area contributed by atoms with E-state index in [1.165, 1.54) is 15.3 Å². The smallest absolute Gasteiger partial charge is 0.236 e. The fourth-order valence-electron chi connectivity index (χ4n) is 4.47. The van der Waals surface area contributed by atoms with E-state index in [-0.39, 0.29) is 11.9 Å². The van der Waals surface area contributed by atoms with Gasteiger partial charge in [-0.3, -0.25) is 9.69 Å². The average molecular weight is 405 g/mol. The van der Waals surface area contributed by atoms with Gasteiger partial charge in [-0.1, -0.05) is 6.07 Å². The normalized spacial score (nSPS) is 25.0. The highest BCUT2D eigenvalue weighted by Crippen LogP contribution is 2.39. The lowest BCUT2D eigenvalue weighted by atomic mass is 9.98. The summed E-state index contributed by atoms with van der Waals surface area (Å²) in [6.07, 6.45) is 2.59. The monoisotopic (exact) mass is 404 g/mol. The number of rotatable bonds is 3. The first kappa shape index (κ1) is 17.8. The zero-order chi connectivity index (χ0) is 18.3. The fraction of sp³-hybridized carbons (Fsp3) is 0.550. The summed E-state index contributed by atoms with van der Waals surface area (Å²) in [5.74, 6) is -0.199. The number of carbonyl (C=O) groups is 1. The summed E-state index contributed by atoms with van der Waals surface area (Å²) in [7, 11) is 0. The van der Waals surface area contributed by atoms with E-state index in [9.17, 15) is 4.79 Å². The first-order valence-corrected chi connectivity index (χ1v) is 11.4. The summed E-state index contributed by atoms with van der Waals surface area (Å²) >= 11 is 3.62. The number of hydrogen-bond acceptors (Lipinski definition) is 6. The molecule has 0 aliphatic carbocycles. The number of nitrogens with zero attached hydrogens (tertiary/aromatic N) is 2. The maximum atomic E-state index is 13.0. The van der Waals surface area contributed by atoms with Gasteiger partial charge < -0.3 is 14.4 Å². The quantitative estimate of drug-likeness (QED) is 0.788. The van der Waals surface area contributed by atoms with E-state index in [2.05, 4.69) is 33.9 Å². The predicted octanol–water partition coefficient (Wildman–Crippen LogP) is 3.12. The van der Waals surface area contributed by atoms with Crippen molar-refractivity contribution in [2.24, 2.45) is 0 Å². The lowest BCUT2D eigenvalue weighted by Gasteiger charge is -2.40. The molecule has 27 heavy (non-hydrogen) atoms. The van der Waals surface area contributed by atoms with Gasteiger partial charge in [0.25, 0.3) is 0 Å². The molecule has 5 nitrogen and oxygen atoms in total. The molecule has 1 unspecified atom stereocenters. The molecule has 0 aromatic carbocycles. The molecule has 2 fully saturated rings. The Morgan fingerprint density at radius 3 is 2.67 bits per heavy atom. The number of piperidine rings is 1. The van der Waals surface area contributed by atoms with Gasteiger partial charge in [0.15, 0.2) is 5.79 Å². The fourth-order valence-corrected chi connectivity index (χ4v) is 6.26. The van der Waals surface area contributed by atoms with Crippen LogP contribution >= 0.6 is 22.7 Å². The van der Waals surface area contributed by atoms with Crippen molar-refractivity contribution in [1.29, 1.82) is 0 Å². The molecule has 5 rings (SSSR count). The van der Waals surface area contributed by atoms with Crippen molar-refractivity contribution < 1.29 is 14.3 Å². The zero-order valence-electron chi connectivity index (χ0n) is 15.3. The third-order valence-corrected chi connectivity index (χ3v) is 7.83. The second-order valence-corrected chi connectivity index (χ2v) is 9.41. The van der Waals surface area contributed by atoms with Crippen LogP contribution in [0.2, 0.25) is 0 Å². The van der Waals surface area contributed by atoms with Gasteiger partial charge in [0.05, 0.1) is 25.8 Å². The minimum atomic E-state index is -0.424. The van der Waals surface area contributed by atoms with Gasteiger partial charge in [-0.25, -0.2) is 0 Å². The lowest BCUT2D eigenvalue weighted by Crippen LogP contribution is -2.50. The van der Waals surface area contributed by atoms with Crippen LogP contribution in [0, 0.1) is 0 Å². The van der Waals surface area contributed by atoms with Crippen LogP contribution in [0.25, 0.3) is 0 Å². The first-order chi connectivity index (χ1) is 13.2. The number of ether oxygens (including phenoxy) is 2. The van der Waals surface area contributed by atoms with Crippen LogP contribution in [0.15, 0.2) is 29.0 Å².